The van der Waals surface area contributed by atoms with Crippen LogP contribution in [0.5, 0.6) is 0 Å². The van der Waals surface area contributed by atoms with Crippen molar-refractivity contribution in [3.8, 4) is 0 Å². The molecule has 0 saturated heterocycles. The Morgan fingerprint density at radius 2 is 2.25 bits per heavy atom. The number of carbonyl (C=O) groups excluding carboxylic acids is 1. The Labute approximate surface area is 149 Å². The van der Waals surface area contributed by atoms with Crippen LogP contribution in [0.2, 0.25) is 0 Å². The second-order valence-electron chi connectivity index (χ2n) is 7.61. The molecule has 1 aliphatic rings. The molecule has 2 rings (SSSR count). The van der Waals surface area contributed by atoms with Gasteiger partial charge in [0.2, 0.25) is 5.91 Å². The first-order valence-corrected chi connectivity index (χ1v) is 9.56. The number of aromatic nitrogens is 1. The Balaban J connectivity index is 1.94. The molecule has 0 bridgehead atoms. The number of aliphatic hydroxyl groups excluding tert-OH is 1. The number of thioether (sulfide) groups is 1. The number of nitrogens with zero attached hydrogens (tertiary/aromatic N) is 1. The van der Waals surface area contributed by atoms with Crippen LogP contribution in [0.1, 0.15) is 52.0 Å². The molecule has 0 radical (unpaired) electrons. The summed E-state index contributed by atoms with van der Waals surface area (Å²) in [6, 6.07) is 3.94. The molecule has 0 spiro atoms. The first-order chi connectivity index (χ1) is 11.3. The van der Waals surface area contributed by atoms with Crippen molar-refractivity contribution in [2.45, 2.75) is 63.6 Å². The molecule has 4 nitrogen and oxygen atoms in total. The fourth-order valence-electron chi connectivity index (χ4n) is 2.65. The van der Waals surface area contributed by atoms with Crippen LogP contribution in [0.4, 0.5) is 0 Å². The Morgan fingerprint density at radius 1 is 1.46 bits per heavy atom. The highest BCUT2D eigenvalue weighted by atomic mass is 32.2. The SMILES string of the molecule is CC(C)(C)CSc1ncccc1/C=C/C(=O)N[C@@H]1CCC[C@H](O)C1. The van der Waals surface area contributed by atoms with Gasteiger partial charge in [0.05, 0.1) is 6.10 Å². The summed E-state index contributed by atoms with van der Waals surface area (Å²) in [4.78, 5) is 16.5. The van der Waals surface area contributed by atoms with Crippen LogP contribution in [-0.4, -0.2) is 33.9 Å². The van der Waals surface area contributed by atoms with Crippen molar-refractivity contribution in [2.75, 3.05) is 5.75 Å². The quantitative estimate of drug-likeness (QED) is 0.630. The van der Waals surface area contributed by atoms with E-state index in [-0.39, 0.29) is 23.5 Å². The Hall–Kier alpha value is -1.33. The highest BCUT2D eigenvalue weighted by Gasteiger charge is 2.20. The van der Waals surface area contributed by atoms with Crippen LogP contribution in [0.3, 0.4) is 0 Å². The van der Waals surface area contributed by atoms with Gasteiger partial charge in [-0.1, -0.05) is 26.8 Å². The van der Waals surface area contributed by atoms with Crippen molar-refractivity contribution >= 4 is 23.7 Å². The molecular formula is C19H28N2O2S. The van der Waals surface area contributed by atoms with Gasteiger partial charge in [-0.05, 0) is 43.2 Å². The third-order valence-electron chi connectivity index (χ3n) is 3.85. The van der Waals surface area contributed by atoms with Gasteiger partial charge >= 0.3 is 0 Å². The van der Waals surface area contributed by atoms with E-state index >= 15 is 0 Å². The van der Waals surface area contributed by atoms with E-state index in [1.165, 1.54) is 0 Å². The van der Waals surface area contributed by atoms with Crippen molar-refractivity contribution in [1.29, 1.82) is 0 Å². The van der Waals surface area contributed by atoms with Crippen molar-refractivity contribution in [2.24, 2.45) is 5.41 Å². The van der Waals surface area contributed by atoms with Gasteiger partial charge in [0.1, 0.15) is 5.03 Å². The molecule has 1 aliphatic carbocycles. The minimum absolute atomic E-state index is 0.0783. The van der Waals surface area contributed by atoms with Gasteiger partial charge in [0.25, 0.3) is 0 Å². The highest BCUT2D eigenvalue weighted by Crippen LogP contribution is 2.28. The third kappa shape index (κ3) is 6.65. The first-order valence-electron chi connectivity index (χ1n) is 8.58. The van der Waals surface area contributed by atoms with Crippen molar-refractivity contribution in [1.82, 2.24) is 10.3 Å². The summed E-state index contributed by atoms with van der Waals surface area (Å²) >= 11 is 1.71. The van der Waals surface area contributed by atoms with Crippen molar-refractivity contribution < 1.29 is 9.90 Å². The van der Waals surface area contributed by atoms with Gasteiger partial charge in [0.15, 0.2) is 0 Å². The maximum atomic E-state index is 12.1. The lowest BCUT2D eigenvalue weighted by atomic mass is 9.93. The predicted molar refractivity (Wildman–Crippen MR) is 99.9 cm³/mol. The second kappa shape index (κ2) is 8.67. The summed E-state index contributed by atoms with van der Waals surface area (Å²) < 4.78 is 0. The normalized spacial score (nSPS) is 21.8. The third-order valence-corrected chi connectivity index (χ3v) is 5.47. The van der Waals surface area contributed by atoms with Gasteiger partial charge < -0.3 is 10.4 Å². The fraction of sp³-hybridized carbons (Fsp3) is 0.579. The molecule has 5 heteroatoms. The fourth-order valence-corrected chi connectivity index (χ4v) is 3.65. The first kappa shape index (κ1) is 19.0. The Bertz CT molecular complexity index is 581. The topological polar surface area (TPSA) is 62.2 Å². The molecule has 0 aromatic carbocycles. The number of amides is 1. The molecule has 1 amide bonds. The standard InChI is InChI=1S/C19H28N2O2S/c1-19(2,3)13-24-18-14(6-5-11-20-18)9-10-17(23)21-15-7-4-8-16(22)12-15/h5-6,9-11,15-16,22H,4,7-8,12-13H2,1-3H3,(H,21,23)/b10-9+/t15-,16+/m1/s1. The van der Waals surface area contributed by atoms with E-state index in [1.54, 1.807) is 24.0 Å². The number of nitrogens with one attached hydrogen (secondary N) is 1. The molecule has 0 unspecified atom stereocenters. The van der Waals surface area contributed by atoms with E-state index in [1.807, 2.05) is 18.2 Å². The summed E-state index contributed by atoms with van der Waals surface area (Å²) in [5.74, 6) is 0.863. The molecule has 1 heterocycles. The zero-order chi connectivity index (χ0) is 17.6. The van der Waals surface area contributed by atoms with Crippen LogP contribution in [-0.2, 0) is 4.79 Å². The lowest BCUT2D eigenvalue weighted by molar-refractivity contribution is -0.117. The molecule has 2 N–H and O–H groups in total. The molecule has 24 heavy (non-hydrogen) atoms. The van der Waals surface area contributed by atoms with Gasteiger partial charge in [-0.15, -0.1) is 11.8 Å². The number of hydrogen-bond donors (Lipinski definition) is 2. The van der Waals surface area contributed by atoms with E-state index in [9.17, 15) is 9.90 Å². The highest BCUT2D eigenvalue weighted by molar-refractivity contribution is 7.99. The van der Waals surface area contributed by atoms with Gasteiger partial charge in [0, 0.05) is 29.6 Å². The van der Waals surface area contributed by atoms with E-state index in [2.05, 4.69) is 31.1 Å². The zero-order valence-electron chi connectivity index (χ0n) is 14.8. The van der Waals surface area contributed by atoms with E-state index in [0.29, 0.717) is 6.42 Å². The number of rotatable bonds is 5. The summed E-state index contributed by atoms with van der Waals surface area (Å²) in [7, 11) is 0. The van der Waals surface area contributed by atoms with Gasteiger partial charge in [-0.25, -0.2) is 4.98 Å². The Kier molecular flexibility index (Phi) is 6.87. The lowest BCUT2D eigenvalue weighted by Gasteiger charge is -2.26. The number of aliphatic hydroxyl groups is 1. The number of pyridine rings is 1. The molecule has 132 valence electrons. The minimum atomic E-state index is -0.285. The van der Waals surface area contributed by atoms with Crippen LogP contribution in [0.25, 0.3) is 6.08 Å². The molecule has 1 aromatic rings. The van der Waals surface area contributed by atoms with Crippen LogP contribution < -0.4 is 5.32 Å². The van der Waals surface area contributed by atoms with Crippen LogP contribution in [0, 0.1) is 5.41 Å². The zero-order valence-corrected chi connectivity index (χ0v) is 15.6. The van der Waals surface area contributed by atoms with Crippen LogP contribution in [0.15, 0.2) is 29.4 Å². The average molecular weight is 349 g/mol. The summed E-state index contributed by atoms with van der Waals surface area (Å²) in [5, 5.41) is 13.6. The summed E-state index contributed by atoms with van der Waals surface area (Å²) in [6.07, 6.45) is 8.29. The van der Waals surface area contributed by atoms with Crippen molar-refractivity contribution in [3.63, 3.8) is 0 Å². The second-order valence-corrected chi connectivity index (χ2v) is 8.57. The minimum Gasteiger partial charge on any atom is -0.393 e. The molecule has 1 fully saturated rings. The monoisotopic (exact) mass is 348 g/mol. The Morgan fingerprint density at radius 3 is 2.96 bits per heavy atom. The van der Waals surface area contributed by atoms with Gasteiger partial charge in [-0.3, -0.25) is 4.79 Å². The summed E-state index contributed by atoms with van der Waals surface area (Å²) in [6.45, 7) is 6.60. The molecule has 0 aliphatic heterocycles. The van der Waals surface area contributed by atoms with E-state index < -0.39 is 0 Å². The maximum Gasteiger partial charge on any atom is 0.244 e. The number of hydrogen-bond acceptors (Lipinski definition) is 4. The van der Waals surface area contributed by atoms with Gasteiger partial charge in [-0.2, -0.15) is 0 Å². The van der Waals surface area contributed by atoms with E-state index in [4.69, 9.17) is 0 Å². The molecule has 1 aromatic heterocycles. The lowest BCUT2D eigenvalue weighted by Crippen LogP contribution is -2.38. The van der Waals surface area contributed by atoms with Crippen molar-refractivity contribution in [3.05, 3.63) is 30.0 Å². The predicted octanol–water partition coefficient (Wildman–Crippen LogP) is 3.65. The summed E-state index contributed by atoms with van der Waals surface area (Å²) in [5.41, 5.74) is 1.19. The number of carbonyl (C=O) groups is 1. The maximum absolute atomic E-state index is 12.1. The average Bonchev–Trinajstić information content (AvgIpc) is 2.51. The van der Waals surface area contributed by atoms with Crippen LogP contribution >= 0.6 is 11.8 Å². The smallest absolute Gasteiger partial charge is 0.244 e. The molecular weight excluding hydrogens is 320 g/mol. The largest absolute Gasteiger partial charge is 0.393 e. The van der Waals surface area contributed by atoms with E-state index in [0.717, 1.165) is 35.6 Å². The molecule has 2 atom stereocenters. The molecule has 1 saturated carbocycles.